The van der Waals surface area contributed by atoms with Crippen LogP contribution in [0.25, 0.3) is 0 Å². The molecule has 0 N–H and O–H groups in total. The van der Waals surface area contributed by atoms with Gasteiger partial charge in [-0.25, -0.2) is 0 Å². The summed E-state index contributed by atoms with van der Waals surface area (Å²) in [5.74, 6) is 0.484. The largest absolute Gasteiger partial charge is 0.334 e. The van der Waals surface area contributed by atoms with Gasteiger partial charge < -0.3 is 9.80 Å². The number of rotatable bonds is 0. The van der Waals surface area contributed by atoms with Crippen LogP contribution in [0.5, 0.6) is 0 Å². The Kier molecular flexibility index (Phi) is 4.25. The third kappa shape index (κ3) is 3.03. The van der Waals surface area contributed by atoms with Gasteiger partial charge in [0.15, 0.2) is 0 Å². The summed E-state index contributed by atoms with van der Waals surface area (Å²) in [7, 11) is 0. The molecule has 4 nitrogen and oxygen atoms in total. The number of hydrogen-bond acceptors (Lipinski definition) is 2. The van der Waals surface area contributed by atoms with Crippen LogP contribution in [0.1, 0.15) is 39.5 Å². The normalized spacial score (nSPS) is 29.2. The van der Waals surface area contributed by atoms with E-state index in [1.165, 1.54) is 12.8 Å². The van der Waals surface area contributed by atoms with Crippen LogP contribution in [0, 0.1) is 11.8 Å². The monoisotopic (exact) mass is 252 g/mol. The van der Waals surface area contributed by atoms with E-state index in [0.29, 0.717) is 11.8 Å². The van der Waals surface area contributed by atoms with Crippen molar-refractivity contribution in [2.45, 2.75) is 39.5 Å². The van der Waals surface area contributed by atoms with E-state index in [0.717, 1.165) is 39.0 Å². The molecule has 2 atom stereocenters. The molecule has 0 unspecified atom stereocenters. The Morgan fingerprint density at radius 2 is 1.22 bits per heavy atom. The van der Waals surface area contributed by atoms with Crippen LogP contribution in [0.15, 0.2) is 0 Å². The molecule has 2 rings (SSSR count). The summed E-state index contributed by atoms with van der Waals surface area (Å²) in [5.41, 5.74) is 0. The molecule has 2 saturated heterocycles. The zero-order valence-electron chi connectivity index (χ0n) is 11.5. The van der Waals surface area contributed by atoms with E-state index in [2.05, 4.69) is 13.8 Å². The van der Waals surface area contributed by atoms with Gasteiger partial charge in [-0.15, -0.1) is 0 Å². The molecule has 4 heteroatoms. The number of carbonyl (C=O) groups is 2. The number of likely N-dealkylation sites (tertiary alicyclic amines) is 2. The Hall–Kier alpha value is -1.06. The minimum atomic E-state index is -0.282. The van der Waals surface area contributed by atoms with Crippen LogP contribution >= 0.6 is 0 Å². The van der Waals surface area contributed by atoms with Crippen molar-refractivity contribution in [1.82, 2.24) is 9.80 Å². The van der Waals surface area contributed by atoms with Crippen LogP contribution in [-0.4, -0.2) is 47.8 Å². The van der Waals surface area contributed by atoms with Crippen molar-refractivity contribution in [2.24, 2.45) is 11.8 Å². The van der Waals surface area contributed by atoms with E-state index in [1.54, 1.807) is 9.80 Å². The van der Waals surface area contributed by atoms with E-state index in [-0.39, 0.29) is 11.8 Å². The highest BCUT2D eigenvalue weighted by Crippen LogP contribution is 2.18. The standard InChI is InChI=1S/C14H24N2O2/c1-11-5-3-7-15(9-11)13(17)14(18)16-8-4-6-12(2)10-16/h11-12H,3-10H2,1-2H3/t11-,12-/m0/s1. The minimum absolute atomic E-state index is 0.282. The van der Waals surface area contributed by atoms with E-state index in [9.17, 15) is 9.59 Å². The molecular formula is C14H24N2O2. The fourth-order valence-electron chi connectivity index (χ4n) is 3.02. The fraction of sp³-hybridized carbons (Fsp3) is 0.857. The number of carbonyl (C=O) groups excluding carboxylic acids is 2. The average molecular weight is 252 g/mol. The molecule has 2 aliphatic rings. The van der Waals surface area contributed by atoms with Gasteiger partial charge in [0.1, 0.15) is 0 Å². The summed E-state index contributed by atoms with van der Waals surface area (Å²) in [6, 6.07) is 0. The van der Waals surface area contributed by atoms with E-state index >= 15 is 0 Å². The average Bonchev–Trinajstić information content (AvgIpc) is 2.37. The zero-order chi connectivity index (χ0) is 13.1. The Morgan fingerprint density at radius 3 is 1.56 bits per heavy atom. The topological polar surface area (TPSA) is 40.6 Å². The molecule has 0 aromatic heterocycles. The quantitative estimate of drug-likeness (QED) is 0.613. The number of hydrogen-bond donors (Lipinski definition) is 0. The summed E-state index contributed by atoms with van der Waals surface area (Å²) < 4.78 is 0. The Bertz CT molecular complexity index is 298. The van der Waals surface area contributed by atoms with Crippen molar-refractivity contribution in [3.8, 4) is 0 Å². The minimum Gasteiger partial charge on any atom is -0.334 e. The van der Waals surface area contributed by atoms with Crippen molar-refractivity contribution in [1.29, 1.82) is 0 Å². The predicted molar refractivity (Wildman–Crippen MR) is 70.0 cm³/mol. The van der Waals surface area contributed by atoms with E-state index < -0.39 is 0 Å². The Morgan fingerprint density at radius 1 is 0.833 bits per heavy atom. The maximum absolute atomic E-state index is 12.2. The van der Waals surface area contributed by atoms with Gasteiger partial charge in [0.2, 0.25) is 0 Å². The maximum atomic E-state index is 12.2. The second-order valence-electron chi connectivity index (χ2n) is 6.00. The molecule has 102 valence electrons. The summed E-state index contributed by atoms with van der Waals surface area (Å²) in [6.45, 7) is 7.28. The molecule has 2 fully saturated rings. The lowest BCUT2D eigenvalue weighted by atomic mass is 9.99. The van der Waals surface area contributed by atoms with Gasteiger partial charge in [0, 0.05) is 26.2 Å². The van der Waals surface area contributed by atoms with Gasteiger partial charge in [-0.1, -0.05) is 13.8 Å². The highest BCUT2D eigenvalue weighted by atomic mass is 16.2. The Labute approximate surface area is 109 Å². The number of amides is 2. The highest BCUT2D eigenvalue weighted by molar-refractivity contribution is 6.34. The van der Waals surface area contributed by atoms with Gasteiger partial charge in [-0.05, 0) is 37.5 Å². The molecule has 18 heavy (non-hydrogen) atoms. The zero-order valence-corrected chi connectivity index (χ0v) is 11.5. The van der Waals surface area contributed by atoms with Crippen molar-refractivity contribution in [2.75, 3.05) is 26.2 Å². The summed E-state index contributed by atoms with van der Waals surface area (Å²) in [6.07, 6.45) is 4.38. The second kappa shape index (κ2) is 5.72. The van der Waals surface area contributed by atoms with Crippen LogP contribution in [0.2, 0.25) is 0 Å². The number of piperidine rings is 2. The number of nitrogens with zero attached hydrogens (tertiary/aromatic N) is 2. The maximum Gasteiger partial charge on any atom is 0.312 e. The fourth-order valence-corrected chi connectivity index (χ4v) is 3.02. The van der Waals surface area contributed by atoms with Crippen LogP contribution in [-0.2, 0) is 9.59 Å². The van der Waals surface area contributed by atoms with Gasteiger partial charge >= 0.3 is 11.8 Å². The van der Waals surface area contributed by atoms with Gasteiger partial charge in [0.05, 0.1) is 0 Å². The third-order valence-corrected chi connectivity index (χ3v) is 4.07. The molecule has 0 aromatic rings. The third-order valence-electron chi connectivity index (χ3n) is 4.07. The SMILES string of the molecule is C[C@H]1CCCN(C(=O)C(=O)N2CCC[C@H](C)C2)C1. The van der Waals surface area contributed by atoms with Gasteiger partial charge in [-0.3, -0.25) is 9.59 Å². The van der Waals surface area contributed by atoms with Crippen molar-refractivity contribution in [3.05, 3.63) is 0 Å². The van der Waals surface area contributed by atoms with Crippen LogP contribution in [0.3, 0.4) is 0 Å². The molecular weight excluding hydrogens is 228 g/mol. The smallest absolute Gasteiger partial charge is 0.312 e. The lowest BCUT2D eigenvalue weighted by Gasteiger charge is -2.34. The van der Waals surface area contributed by atoms with E-state index in [1.807, 2.05) is 0 Å². The van der Waals surface area contributed by atoms with Gasteiger partial charge in [-0.2, -0.15) is 0 Å². The highest BCUT2D eigenvalue weighted by Gasteiger charge is 2.31. The lowest BCUT2D eigenvalue weighted by Crippen LogP contribution is -2.50. The lowest BCUT2D eigenvalue weighted by molar-refractivity contribution is -0.153. The Balaban J connectivity index is 1.93. The molecule has 0 aliphatic carbocycles. The first-order chi connectivity index (χ1) is 8.58. The summed E-state index contributed by atoms with van der Waals surface area (Å²) in [4.78, 5) is 27.9. The molecule has 2 amide bonds. The molecule has 0 spiro atoms. The molecule has 0 saturated carbocycles. The van der Waals surface area contributed by atoms with Crippen molar-refractivity contribution < 1.29 is 9.59 Å². The van der Waals surface area contributed by atoms with Crippen molar-refractivity contribution >= 4 is 11.8 Å². The van der Waals surface area contributed by atoms with Crippen LogP contribution < -0.4 is 0 Å². The first kappa shape index (κ1) is 13.4. The first-order valence-electron chi connectivity index (χ1n) is 7.16. The molecule has 2 heterocycles. The predicted octanol–water partition coefficient (Wildman–Crippen LogP) is 1.50. The second-order valence-corrected chi connectivity index (χ2v) is 6.00. The molecule has 2 aliphatic heterocycles. The molecule has 0 bridgehead atoms. The van der Waals surface area contributed by atoms with Crippen molar-refractivity contribution in [3.63, 3.8) is 0 Å². The van der Waals surface area contributed by atoms with Crippen LogP contribution in [0.4, 0.5) is 0 Å². The first-order valence-corrected chi connectivity index (χ1v) is 7.16. The summed E-state index contributed by atoms with van der Waals surface area (Å²) >= 11 is 0. The van der Waals surface area contributed by atoms with E-state index in [4.69, 9.17) is 0 Å². The van der Waals surface area contributed by atoms with Gasteiger partial charge in [0.25, 0.3) is 0 Å². The molecule has 0 aromatic carbocycles. The summed E-state index contributed by atoms with van der Waals surface area (Å²) in [5, 5.41) is 0. The molecule has 0 radical (unpaired) electrons.